The number of aromatic nitrogens is 1. The SMILES string of the molecule is NC(=O)c1ccc(N)[n+]([C@@H]2O[C@H](CO)C(O)[C@@H]2O)c1. The number of aliphatic hydroxyl groups is 3. The second kappa shape index (κ2) is 5.10. The number of primary amides is 1. The number of rotatable bonds is 3. The molecule has 1 aromatic heterocycles. The molecule has 104 valence electrons. The summed E-state index contributed by atoms with van der Waals surface area (Å²) in [5, 5.41) is 28.6. The van der Waals surface area contributed by atoms with Gasteiger partial charge in [-0.1, -0.05) is 0 Å². The van der Waals surface area contributed by atoms with Crippen LogP contribution in [-0.4, -0.2) is 46.1 Å². The maximum Gasteiger partial charge on any atom is 0.274 e. The van der Waals surface area contributed by atoms with E-state index in [1.807, 2.05) is 0 Å². The molecule has 2 heterocycles. The van der Waals surface area contributed by atoms with Crippen molar-refractivity contribution in [2.24, 2.45) is 5.73 Å². The summed E-state index contributed by atoms with van der Waals surface area (Å²) in [7, 11) is 0. The van der Waals surface area contributed by atoms with Crippen LogP contribution in [0.4, 0.5) is 5.82 Å². The van der Waals surface area contributed by atoms with E-state index in [4.69, 9.17) is 21.3 Å². The van der Waals surface area contributed by atoms with E-state index < -0.39 is 37.1 Å². The molecular weight excluding hydrogens is 254 g/mol. The van der Waals surface area contributed by atoms with E-state index in [1.54, 1.807) is 0 Å². The van der Waals surface area contributed by atoms with E-state index >= 15 is 0 Å². The third kappa shape index (κ3) is 2.38. The van der Waals surface area contributed by atoms with Gasteiger partial charge in [0.05, 0.1) is 12.2 Å². The monoisotopic (exact) mass is 270 g/mol. The average molecular weight is 270 g/mol. The number of ether oxygens (including phenoxy) is 1. The first kappa shape index (κ1) is 13.7. The number of nitrogens with two attached hydrogens (primary N) is 2. The summed E-state index contributed by atoms with van der Waals surface area (Å²) >= 11 is 0. The quantitative estimate of drug-likeness (QED) is 0.377. The van der Waals surface area contributed by atoms with Gasteiger partial charge in [0, 0.05) is 6.07 Å². The second-order valence-corrected chi connectivity index (χ2v) is 4.34. The van der Waals surface area contributed by atoms with Crippen molar-refractivity contribution in [3.05, 3.63) is 23.9 Å². The van der Waals surface area contributed by atoms with E-state index in [1.165, 1.54) is 22.9 Å². The Morgan fingerprint density at radius 1 is 1.37 bits per heavy atom. The Bertz CT molecular complexity index is 495. The van der Waals surface area contributed by atoms with Crippen LogP contribution in [0, 0.1) is 0 Å². The average Bonchev–Trinajstić information content (AvgIpc) is 2.66. The van der Waals surface area contributed by atoms with Crippen LogP contribution in [0.3, 0.4) is 0 Å². The summed E-state index contributed by atoms with van der Waals surface area (Å²) in [5.41, 5.74) is 11.1. The Morgan fingerprint density at radius 3 is 2.58 bits per heavy atom. The lowest BCUT2D eigenvalue weighted by Crippen LogP contribution is -2.48. The molecule has 0 saturated carbocycles. The molecule has 19 heavy (non-hydrogen) atoms. The van der Waals surface area contributed by atoms with Gasteiger partial charge in [-0.15, -0.1) is 0 Å². The Balaban J connectivity index is 2.36. The van der Waals surface area contributed by atoms with E-state index in [0.717, 1.165) is 0 Å². The zero-order valence-electron chi connectivity index (χ0n) is 10.0. The van der Waals surface area contributed by atoms with Crippen LogP contribution in [0.2, 0.25) is 0 Å². The summed E-state index contributed by atoms with van der Waals surface area (Å²) in [6, 6.07) is 2.88. The van der Waals surface area contributed by atoms with Gasteiger partial charge < -0.3 is 25.8 Å². The molecule has 8 nitrogen and oxygen atoms in total. The molecule has 1 aliphatic rings. The highest BCUT2D eigenvalue weighted by molar-refractivity contribution is 5.92. The fourth-order valence-electron chi connectivity index (χ4n) is 2.00. The normalized spacial score (nSPS) is 30.5. The maximum absolute atomic E-state index is 11.1. The van der Waals surface area contributed by atoms with Crippen molar-refractivity contribution < 1.29 is 29.4 Å². The Morgan fingerprint density at radius 2 is 2.05 bits per heavy atom. The minimum absolute atomic E-state index is 0.187. The van der Waals surface area contributed by atoms with E-state index in [9.17, 15) is 15.0 Å². The van der Waals surface area contributed by atoms with Crippen LogP contribution >= 0.6 is 0 Å². The number of carbonyl (C=O) groups is 1. The molecular formula is C11H16N3O5+. The predicted octanol–water partition coefficient (Wildman–Crippen LogP) is -2.73. The standard InChI is InChI=1S/C11H15N3O5/c12-7-2-1-5(10(13)18)3-14(7)11-9(17)8(16)6(4-15)19-11/h1-3,6,8-9,11-12,15-17H,4H2,(H2,13,18)/p+1/t6-,8?,9+,11-/m1/s1. The lowest BCUT2D eigenvalue weighted by atomic mass is 10.1. The first-order chi connectivity index (χ1) is 8.95. The molecule has 4 atom stereocenters. The van der Waals surface area contributed by atoms with Crippen molar-refractivity contribution in [2.75, 3.05) is 12.3 Å². The Labute approximate surface area is 108 Å². The number of hydrogen-bond donors (Lipinski definition) is 5. The minimum Gasteiger partial charge on any atom is -0.394 e. The highest BCUT2D eigenvalue weighted by atomic mass is 16.6. The smallest absolute Gasteiger partial charge is 0.274 e. The molecule has 0 bridgehead atoms. The van der Waals surface area contributed by atoms with Crippen LogP contribution in [-0.2, 0) is 4.74 Å². The summed E-state index contributed by atoms with van der Waals surface area (Å²) in [6.45, 7) is -0.440. The zero-order chi connectivity index (χ0) is 14.2. The molecule has 0 radical (unpaired) electrons. The highest BCUT2D eigenvalue weighted by Crippen LogP contribution is 2.26. The molecule has 1 saturated heterocycles. The van der Waals surface area contributed by atoms with Crippen LogP contribution in [0.5, 0.6) is 0 Å². The number of aliphatic hydroxyl groups excluding tert-OH is 3. The molecule has 1 aliphatic heterocycles. The number of nitrogen functional groups attached to an aromatic ring is 1. The van der Waals surface area contributed by atoms with Gasteiger partial charge >= 0.3 is 0 Å². The van der Waals surface area contributed by atoms with Gasteiger partial charge in [0.1, 0.15) is 24.5 Å². The van der Waals surface area contributed by atoms with E-state index in [0.29, 0.717) is 0 Å². The van der Waals surface area contributed by atoms with Crippen molar-refractivity contribution in [3.8, 4) is 0 Å². The predicted molar refractivity (Wildman–Crippen MR) is 62.6 cm³/mol. The maximum atomic E-state index is 11.1. The molecule has 2 rings (SSSR count). The van der Waals surface area contributed by atoms with Gasteiger partial charge in [-0.2, -0.15) is 0 Å². The van der Waals surface area contributed by atoms with Crippen molar-refractivity contribution in [3.63, 3.8) is 0 Å². The van der Waals surface area contributed by atoms with Crippen LogP contribution in [0.1, 0.15) is 16.6 Å². The summed E-state index contributed by atoms with van der Waals surface area (Å²) in [6.07, 6.45) is -3.08. The van der Waals surface area contributed by atoms with Gasteiger partial charge in [0.2, 0.25) is 6.23 Å². The van der Waals surface area contributed by atoms with Gasteiger partial charge in [-0.3, -0.25) is 10.5 Å². The van der Waals surface area contributed by atoms with E-state index in [2.05, 4.69) is 0 Å². The van der Waals surface area contributed by atoms with Crippen molar-refractivity contribution in [2.45, 2.75) is 24.5 Å². The number of amides is 1. The topological polar surface area (TPSA) is 143 Å². The molecule has 0 aromatic carbocycles. The third-order valence-electron chi connectivity index (χ3n) is 3.09. The molecule has 1 amide bonds. The zero-order valence-corrected chi connectivity index (χ0v) is 10.0. The molecule has 1 unspecified atom stereocenters. The fraction of sp³-hybridized carbons (Fsp3) is 0.455. The number of pyridine rings is 1. The van der Waals surface area contributed by atoms with Crippen molar-refractivity contribution >= 4 is 11.7 Å². The van der Waals surface area contributed by atoms with Gasteiger partial charge in [0.25, 0.3) is 11.7 Å². The largest absolute Gasteiger partial charge is 0.394 e. The molecule has 0 spiro atoms. The van der Waals surface area contributed by atoms with Gasteiger partial charge in [0.15, 0.2) is 0 Å². The highest BCUT2D eigenvalue weighted by Gasteiger charge is 2.46. The van der Waals surface area contributed by atoms with Gasteiger partial charge in [-0.05, 0) is 6.07 Å². The van der Waals surface area contributed by atoms with Crippen molar-refractivity contribution in [1.82, 2.24) is 0 Å². The van der Waals surface area contributed by atoms with Crippen LogP contribution in [0.15, 0.2) is 18.3 Å². The molecule has 1 fully saturated rings. The first-order valence-corrected chi connectivity index (χ1v) is 5.68. The first-order valence-electron chi connectivity index (χ1n) is 5.68. The van der Waals surface area contributed by atoms with Gasteiger partial charge in [-0.25, -0.2) is 4.57 Å². The minimum atomic E-state index is -1.27. The summed E-state index contributed by atoms with van der Waals surface area (Å²) in [4.78, 5) is 11.1. The fourth-order valence-corrected chi connectivity index (χ4v) is 2.00. The number of nitrogens with zero attached hydrogens (tertiary/aromatic N) is 1. The summed E-state index contributed by atoms with van der Waals surface area (Å²) in [5.74, 6) is -0.430. The number of anilines is 1. The molecule has 7 N–H and O–H groups in total. The van der Waals surface area contributed by atoms with E-state index in [-0.39, 0.29) is 11.4 Å². The summed E-state index contributed by atoms with van der Waals surface area (Å²) < 4.78 is 6.61. The Kier molecular flexibility index (Phi) is 3.67. The second-order valence-electron chi connectivity index (χ2n) is 4.34. The number of carbonyl (C=O) groups excluding carboxylic acids is 1. The Hall–Kier alpha value is -1.74. The van der Waals surface area contributed by atoms with Crippen LogP contribution < -0.4 is 16.0 Å². The lowest BCUT2D eigenvalue weighted by Gasteiger charge is -2.15. The lowest BCUT2D eigenvalue weighted by molar-refractivity contribution is -0.753. The van der Waals surface area contributed by atoms with Crippen molar-refractivity contribution in [1.29, 1.82) is 0 Å². The molecule has 0 aliphatic carbocycles. The number of hydrogen-bond acceptors (Lipinski definition) is 6. The van der Waals surface area contributed by atoms with Crippen LogP contribution in [0.25, 0.3) is 0 Å². The molecule has 8 heteroatoms. The third-order valence-corrected chi connectivity index (χ3v) is 3.09. The molecule has 1 aromatic rings.